The van der Waals surface area contributed by atoms with E-state index in [0.717, 1.165) is 31.4 Å². The highest BCUT2D eigenvalue weighted by molar-refractivity contribution is 7.18. The molecule has 1 aromatic heterocycles. The maximum atomic E-state index is 12.6. The van der Waals surface area contributed by atoms with Gasteiger partial charge in [0.1, 0.15) is 0 Å². The summed E-state index contributed by atoms with van der Waals surface area (Å²) in [4.78, 5) is 21.6. The van der Waals surface area contributed by atoms with E-state index in [4.69, 9.17) is 4.98 Å². The van der Waals surface area contributed by atoms with Crippen LogP contribution in [0.25, 0.3) is 10.2 Å². The quantitative estimate of drug-likeness (QED) is 0.643. The third kappa shape index (κ3) is 4.42. The molecule has 0 unspecified atom stereocenters. The summed E-state index contributed by atoms with van der Waals surface area (Å²) in [5.41, 5.74) is 3.53. The van der Waals surface area contributed by atoms with Crippen molar-refractivity contribution in [2.75, 3.05) is 26.7 Å². The molecule has 0 bridgehead atoms. The van der Waals surface area contributed by atoms with Gasteiger partial charge in [-0.25, -0.2) is 4.98 Å². The lowest BCUT2D eigenvalue weighted by Gasteiger charge is -2.31. The van der Waals surface area contributed by atoms with Gasteiger partial charge in [-0.3, -0.25) is 9.69 Å². The number of amides is 1. The molecule has 0 saturated carbocycles. The Morgan fingerprint density at radius 2 is 1.86 bits per heavy atom. The summed E-state index contributed by atoms with van der Waals surface area (Å²) in [5.74, 6) is 0.716. The summed E-state index contributed by atoms with van der Waals surface area (Å²) in [7, 11) is 1.90. The molecule has 5 heteroatoms. The number of hydrogen-bond donors (Lipinski definition) is 0. The minimum absolute atomic E-state index is 0.194. The van der Waals surface area contributed by atoms with Crippen molar-refractivity contribution in [3.05, 3.63) is 64.7 Å². The van der Waals surface area contributed by atoms with E-state index in [2.05, 4.69) is 54.3 Å². The average Bonchev–Trinajstić information content (AvgIpc) is 3.14. The number of aromatic nitrogens is 1. The summed E-state index contributed by atoms with van der Waals surface area (Å²) >= 11 is 1.82. The molecule has 0 spiro atoms. The monoisotopic (exact) mass is 393 g/mol. The van der Waals surface area contributed by atoms with Gasteiger partial charge in [0.2, 0.25) is 5.91 Å². The Morgan fingerprint density at radius 1 is 1.14 bits per heavy atom. The maximum Gasteiger partial charge on any atom is 0.236 e. The number of carbonyl (C=O) groups excluding carboxylic acids is 1. The third-order valence-corrected chi connectivity index (χ3v) is 6.77. The second-order valence-electron chi connectivity index (χ2n) is 7.81. The van der Waals surface area contributed by atoms with Gasteiger partial charge in [0.15, 0.2) is 0 Å². The molecule has 4 nitrogen and oxygen atoms in total. The van der Waals surface area contributed by atoms with Crippen LogP contribution < -0.4 is 0 Å². The Bertz CT molecular complexity index is 909. The molecular weight excluding hydrogens is 366 g/mol. The van der Waals surface area contributed by atoms with Crippen LogP contribution in [0.2, 0.25) is 0 Å². The molecule has 146 valence electrons. The first-order chi connectivity index (χ1) is 13.6. The Hall–Kier alpha value is -2.24. The maximum absolute atomic E-state index is 12.6. The van der Waals surface area contributed by atoms with Crippen molar-refractivity contribution in [2.24, 2.45) is 0 Å². The number of rotatable bonds is 5. The van der Waals surface area contributed by atoms with Crippen molar-refractivity contribution in [1.82, 2.24) is 14.8 Å². The lowest BCUT2D eigenvalue weighted by molar-refractivity contribution is -0.131. The van der Waals surface area contributed by atoms with Crippen LogP contribution in [0, 0.1) is 6.92 Å². The van der Waals surface area contributed by atoms with Crippen LogP contribution in [0.15, 0.2) is 48.5 Å². The molecule has 0 radical (unpaired) electrons. The summed E-state index contributed by atoms with van der Waals surface area (Å²) in [6, 6.07) is 16.8. The molecule has 0 N–H and O–H groups in total. The highest BCUT2D eigenvalue weighted by Gasteiger charge is 2.25. The lowest BCUT2D eigenvalue weighted by atomic mass is 9.97. The molecule has 0 aliphatic carbocycles. The number of hydrogen-bond acceptors (Lipinski definition) is 4. The fraction of sp³-hybridized carbons (Fsp3) is 0.391. The Balaban J connectivity index is 1.28. The SMILES string of the molecule is Cc1ccc(CN(C)C(=O)CN2CCC(c3nc4ccccc4s3)CC2)cc1. The summed E-state index contributed by atoms with van der Waals surface area (Å²) in [6.45, 7) is 5.18. The van der Waals surface area contributed by atoms with Crippen LogP contribution >= 0.6 is 11.3 Å². The fourth-order valence-corrected chi connectivity index (χ4v) is 4.91. The van der Waals surface area contributed by atoms with E-state index in [-0.39, 0.29) is 5.91 Å². The minimum atomic E-state index is 0.194. The first-order valence-corrected chi connectivity index (χ1v) is 10.8. The minimum Gasteiger partial charge on any atom is -0.340 e. The number of fused-ring (bicyclic) bond motifs is 1. The van der Waals surface area contributed by atoms with Crippen LogP contribution in [-0.4, -0.2) is 47.4 Å². The molecule has 2 heterocycles. The Labute approximate surface area is 170 Å². The first kappa shape index (κ1) is 19.1. The molecule has 2 aromatic carbocycles. The molecular formula is C23H27N3OS. The molecule has 1 saturated heterocycles. The van der Waals surface area contributed by atoms with Gasteiger partial charge in [-0.15, -0.1) is 11.3 Å². The predicted octanol–water partition coefficient (Wildman–Crippen LogP) is 4.44. The van der Waals surface area contributed by atoms with Crippen LogP contribution in [-0.2, 0) is 11.3 Å². The van der Waals surface area contributed by atoms with Gasteiger partial charge in [0.25, 0.3) is 0 Å². The van der Waals surface area contributed by atoms with E-state index in [1.54, 1.807) is 0 Å². The molecule has 4 rings (SSSR count). The van der Waals surface area contributed by atoms with Crippen molar-refractivity contribution in [3.8, 4) is 0 Å². The molecule has 1 fully saturated rings. The van der Waals surface area contributed by atoms with Crippen molar-refractivity contribution in [3.63, 3.8) is 0 Å². The van der Waals surface area contributed by atoms with Gasteiger partial charge < -0.3 is 4.90 Å². The van der Waals surface area contributed by atoms with Gasteiger partial charge in [0, 0.05) is 19.5 Å². The second-order valence-corrected chi connectivity index (χ2v) is 8.87. The number of piperidine rings is 1. The highest BCUT2D eigenvalue weighted by Crippen LogP contribution is 2.33. The van der Waals surface area contributed by atoms with Gasteiger partial charge >= 0.3 is 0 Å². The topological polar surface area (TPSA) is 36.4 Å². The normalized spacial score (nSPS) is 15.8. The fourth-order valence-electron chi connectivity index (χ4n) is 3.77. The average molecular weight is 394 g/mol. The number of likely N-dealkylation sites (N-methyl/N-ethyl adjacent to an activating group) is 1. The van der Waals surface area contributed by atoms with Gasteiger partial charge in [-0.1, -0.05) is 42.0 Å². The number of carbonyl (C=O) groups is 1. The zero-order valence-electron chi connectivity index (χ0n) is 16.6. The zero-order chi connectivity index (χ0) is 19.5. The van der Waals surface area contributed by atoms with E-state index in [1.165, 1.54) is 20.8 Å². The molecule has 1 aliphatic rings. The van der Waals surface area contributed by atoms with Gasteiger partial charge in [-0.2, -0.15) is 0 Å². The summed E-state index contributed by atoms with van der Waals surface area (Å²) in [5, 5.41) is 1.25. The van der Waals surface area contributed by atoms with Crippen molar-refractivity contribution in [1.29, 1.82) is 0 Å². The number of likely N-dealkylation sites (tertiary alicyclic amines) is 1. The second kappa shape index (κ2) is 8.41. The van der Waals surface area contributed by atoms with E-state index < -0.39 is 0 Å². The first-order valence-electron chi connectivity index (χ1n) is 9.96. The van der Waals surface area contributed by atoms with Gasteiger partial charge in [-0.05, 0) is 50.6 Å². The van der Waals surface area contributed by atoms with Crippen LogP contribution in [0.1, 0.15) is 34.9 Å². The standard InChI is InChI=1S/C23H27N3OS/c1-17-7-9-18(10-8-17)15-25(2)22(27)16-26-13-11-19(12-14-26)23-24-20-5-3-4-6-21(20)28-23/h3-10,19H,11-16H2,1-2H3. The zero-order valence-corrected chi connectivity index (χ0v) is 17.4. The van der Waals surface area contributed by atoms with E-state index in [0.29, 0.717) is 19.0 Å². The van der Waals surface area contributed by atoms with Crippen molar-refractivity contribution < 1.29 is 4.79 Å². The van der Waals surface area contributed by atoms with Crippen molar-refractivity contribution >= 4 is 27.5 Å². The number of benzene rings is 2. The smallest absolute Gasteiger partial charge is 0.236 e. The van der Waals surface area contributed by atoms with Crippen LogP contribution in [0.5, 0.6) is 0 Å². The highest BCUT2D eigenvalue weighted by atomic mass is 32.1. The van der Waals surface area contributed by atoms with Crippen LogP contribution in [0.3, 0.4) is 0 Å². The molecule has 28 heavy (non-hydrogen) atoms. The molecule has 1 amide bonds. The number of aryl methyl sites for hydroxylation is 1. The Kier molecular flexibility index (Phi) is 5.74. The Morgan fingerprint density at radius 3 is 2.57 bits per heavy atom. The number of thiazole rings is 1. The van der Waals surface area contributed by atoms with Gasteiger partial charge in [0.05, 0.1) is 21.8 Å². The number of para-hydroxylation sites is 1. The summed E-state index contributed by atoms with van der Waals surface area (Å²) in [6.07, 6.45) is 2.16. The molecule has 0 atom stereocenters. The van der Waals surface area contributed by atoms with E-state index >= 15 is 0 Å². The summed E-state index contributed by atoms with van der Waals surface area (Å²) < 4.78 is 1.27. The predicted molar refractivity (Wildman–Crippen MR) is 116 cm³/mol. The molecule has 1 aliphatic heterocycles. The van der Waals surface area contributed by atoms with Crippen molar-refractivity contribution in [2.45, 2.75) is 32.2 Å². The molecule has 3 aromatic rings. The lowest BCUT2D eigenvalue weighted by Crippen LogP contribution is -2.41. The van der Waals surface area contributed by atoms with E-state index in [9.17, 15) is 4.79 Å². The van der Waals surface area contributed by atoms with E-state index in [1.807, 2.05) is 29.4 Å². The number of nitrogens with zero attached hydrogens (tertiary/aromatic N) is 3. The third-order valence-electron chi connectivity index (χ3n) is 5.57. The van der Waals surface area contributed by atoms with Crippen LogP contribution in [0.4, 0.5) is 0 Å². The largest absolute Gasteiger partial charge is 0.340 e.